The number of pyridine rings is 1. The van der Waals surface area contributed by atoms with Crippen LogP contribution in [0.4, 0.5) is 5.95 Å². The lowest BCUT2D eigenvalue weighted by molar-refractivity contribution is -0.126. The summed E-state index contributed by atoms with van der Waals surface area (Å²) in [7, 11) is 3.99. The Morgan fingerprint density at radius 2 is 2.05 bits per heavy atom. The number of hydrogen-bond acceptors (Lipinski definition) is 5. The average molecular weight is 597 g/mol. The standard InChI is InChI=1S/C35H44N6OS/c1-7-8-9-14-25(2)27(4)31-23-28(19-20-36-31)34(43)38-35-37-30-17-12-15-26(3)33(30)41(35)29-16-10-11-22-40(24-29)32(42)18-13-21-39(5)6/h8-9,12-15,17-20,23,29H,4,7,10-11,16,21-22,24H2,1-3,5-6H3,(H,37,38,43)/b9-8-,18-13+,25-14-/t29-/m1/s1. The molecule has 1 amide bonds. The molecule has 8 heteroatoms. The maximum atomic E-state index is 13.2. The minimum absolute atomic E-state index is 0.0546. The lowest BCUT2D eigenvalue weighted by Gasteiger charge is -2.26. The van der Waals surface area contributed by atoms with E-state index in [1.165, 1.54) is 0 Å². The number of carbonyl (C=O) groups excluding carboxylic acids is 1. The summed E-state index contributed by atoms with van der Waals surface area (Å²) >= 11 is 5.93. The molecule has 1 saturated heterocycles. The second-order valence-electron chi connectivity index (χ2n) is 11.4. The lowest BCUT2D eigenvalue weighted by atomic mass is 10.0. The van der Waals surface area contributed by atoms with Crippen LogP contribution in [0.15, 0.2) is 79.1 Å². The van der Waals surface area contributed by atoms with Crippen molar-refractivity contribution in [1.29, 1.82) is 0 Å². The summed E-state index contributed by atoms with van der Waals surface area (Å²) in [6.07, 6.45) is 15.6. The van der Waals surface area contributed by atoms with Gasteiger partial charge in [-0.05, 0) is 88.5 Å². The third-order valence-corrected chi connectivity index (χ3v) is 8.05. The van der Waals surface area contributed by atoms with Gasteiger partial charge in [-0.25, -0.2) is 4.98 Å². The van der Waals surface area contributed by atoms with E-state index in [2.05, 4.69) is 53.5 Å². The first-order valence-electron chi connectivity index (χ1n) is 15.1. The van der Waals surface area contributed by atoms with Crippen LogP contribution in [0.3, 0.4) is 0 Å². The minimum atomic E-state index is 0.0546. The van der Waals surface area contributed by atoms with E-state index in [4.69, 9.17) is 17.2 Å². The smallest absolute Gasteiger partial charge is 0.246 e. The van der Waals surface area contributed by atoms with Gasteiger partial charge in [0.1, 0.15) is 4.99 Å². The topological polar surface area (TPSA) is 66.3 Å². The number of carbonyl (C=O) groups is 1. The molecule has 7 nitrogen and oxygen atoms in total. The molecule has 1 atom stereocenters. The highest BCUT2D eigenvalue weighted by Gasteiger charge is 2.27. The molecule has 1 aliphatic heterocycles. The van der Waals surface area contributed by atoms with Crippen molar-refractivity contribution < 1.29 is 4.79 Å². The quantitative estimate of drug-likeness (QED) is 0.153. The summed E-state index contributed by atoms with van der Waals surface area (Å²) < 4.78 is 2.26. The number of para-hydroxylation sites is 1. The molecule has 43 heavy (non-hydrogen) atoms. The number of rotatable bonds is 10. The third kappa shape index (κ3) is 8.15. The number of imidazole rings is 1. The Labute approximate surface area is 261 Å². The Morgan fingerprint density at radius 1 is 1.23 bits per heavy atom. The molecule has 4 rings (SSSR count). The molecule has 0 saturated carbocycles. The molecule has 0 radical (unpaired) electrons. The van der Waals surface area contributed by atoms with Crippen molar-refractivity contribution in [1.82, 2.24) is 24.3 Å². The second-order valence-corrected chi connectivity index (χ2v) is 11.8. The Kier molecular flexibility index (Phi) is 11.2. The van der Waals surface area contributed by atoms with Gasteiger partial charge in [-0.1, -0.05) is 62.2 Å². The van der Waals surface area contributed by atoms with Gasteiger partial charge >= 0.3 is 0 Å². The number of benzene rings is 1. The summed E-state index contributed by atoms with van der Waals surface area (Å²) in [4.78, 5) is 27.3. The fraction of sp³-hybridized carbons (Fsp3) is 0.371. The maximum Gasteiger partial charge on any atom is 0.246 e. The molecule has 3 heterocycles. The number of amides is 1. The molecule has 1 aliphatic rings. The van der Waals surface area contributed by atoms with Crippen molar-refractivity contribution in [3.05, 3.63) is 95.9 Å². The summed E-state index contributed by atoms with van der Waals surface area (Å²) in [6, 6.07) is 10.1. The van der Waals surface area contributed by atoms with Crippen LogP contribution < -0.4 is 5.32 Å². The first kappa shape index (κ1) is 32.0. The van der Waals surface area contributed by atoms with Gasteiger partial charge in [0.05, 0.1) is 22.8 Å². The first-order valence-corrected chi connectivity index (χ1v) is 15.5. The Balaban J connectivity index is 1.64. The zero-order chi connectivity index (χ0) is 30.9. The maximum absolute atomic E-state index is 13.2. The van der Waals surface area contributed by atoms with Gasteiger partial charge in [-0.15, -0.1) is 0 Å². The largest absolute Gasteiger partial charge is 0.337 e. The highest BCUT2D eigenvalue weighted by Crippen LogP contribution is 2.32. The number of hydrogen-bond donors (Lipinski definition) is 1. The number of aryl methyl sites for hydroxylation is 1. The van der Waals surface area contributed by atoms with Crippen LogP contribution in [0.2, 0.25) is 0 Å². The average Bonchev–Trinajstić information content (AvgIpc) is 3.18. The van der Waals surface area contributed by atoms with Crippen molar-refractivity contribution in [2.45, 2.75) is 52.5 Å². The second kappa shape index (κ2) is 15.0. The van der Waals surface area contributed by atoms with E-state index in [1.807, 2.05) is 67.2 Å². The van der Waals surface area contributed by atoms with E-state index < -0.39 is 0 Å². The number of nitrogens with one attached hydrogen (secondary N) is 1. The highest BCUT2D eigenvalue weighted by molar-refractivity contribution is 7.81. The number of aromatic nitrogens is 3. The SMILES string of the molecule is C=C(/C(C)=C\C=C/CC)c1cc(C(=S)Nc2nc3cccc(C)c3n2[C@@H]2CCCCN(C(=O)/C=C/CN(C)C)C2)ccn1. The predicted molar refractivity (Wildman–Crippen MR) is 183 cm³/mol. The zero-order valence-electron chi connectivity index (χ0n) is 26.1. The van der Waals surface area contributed by atoms with Crippen LogP contribution in [0, 0.1) is 6.92 Å². The molecule has 1 fully saturated rings. The normalized spacial score (nSPS) is 16.4. The van der Waals surface area contributed by atoms with Gasteiger partial charge in [0.2, 0.25) is 11.9 Å². The van der Waals surface area contributed by atoms with E-state index in [0.717, 1.165) is 77.8 Å². The van der Waals surface area contributed by atoms with Crippen molar-refractivity contribution in [3.63, 3.8) is 0 Å². The van der Waals surface area contributed by atoms with Crippen molar-refractivity contribution in [3.8, 4) is 0 Å². The van der Waals surface area contributed by atoms with Gasteiger partial charge in [0.25, 0.3) is 0 Å². The summed E-state index contributed by atoms with van der Waals surface area (Å²) in [5.74, 6) is 0.744. The lowest BCUT2D eigenvalue weighted by Crippen LogP contribution is -2.34. The number of likely N-dealkylation sites (N-methyl/N-ethyl adjacent to an activating group) is 1. The number of anilines is 1. The minimum Gasteiger partial charge on any atom is -0.337 e. The molecular weight excluding hydrogens is 552 g/mol. The molecule has 3 aromatic rings. The predicted octanol–water partition coefficient (Wildman–Crippen LogP) is 7.12. The van der Waals surface area contributed by atoms with Gasteiger partial charge < -0.3 is 19.7 Å². The number of fused-ring (bicyclic) bond motifs is 1. The molecule has 0 spiro atoms. The molecule has 2 aromatic heterocycles. The van der Waals surface area contributed by atoms with Crippen molar-refractivity contribution >= 4 is 45.7 Å². The Bertz CT molecular complexity index is 1560. The van der Waals surface area contributed by atoms with Crippen LogP contribution in [-0.2, 0) is 4.79 Å². The molecule has 0 bridgehead atoms. The molecule has 226 valence electrons. The number of thiocarbonyl (C=S) groups is 1. The van der Waals surface area contributed by atoms with Crippen molar-refractivity contribution in [2.24, 2.45) is 0 Å². The summed E-state index contributed by atoms with van der Waals surface area (Å²) in [5, 5.41) is 3.47. The molecule has 1 aromatic carbocycles. The Hall–Kier alpha value is -3.88. The zero-order valence-corrected chi connectivity index (χ0v) is 27.0. The van der Waals surface area contributed by atoms with Crippen LogP contribution in [0.5, 0.6) is 0 Å². The summed E-state index contributed by atoms with van der Waals surface area (Å²) in [5.41, 5.74) is 6.65. The van der Waals surface area contributed by atoms with E-state index in [-0.39, 0.29) is 11.9 Å². The molecule has 1 N–H and O–H groups in total. The number of nitrogens with zero attached hydrogens (tertiary/aromatic N) is 5. The first-order chi connectivity index (χ1) is 20.7. The van der Waals surface area contributed by atoms with Gasteiger partial charge in [0.15, 0.2) is 0 Å². The molecular formula is C35H44N6OS. The van der Waals surface area contributed by atoms with Crippen LogP contribution in [0.1, 0.15) is 62.4 Å². The summed E-state index contributed by atoms with van der Waals surface area (Å²) in [6.45, 7) is 12.6. The fourth-order valence-electron chi connectivity index (χ4n) is 5.33. The fourth-order valence-corrected chi connectivity index (χ4v) is 5.54. The van der Waals surface area contributed by atoms with Gasteiger partial charge in [0, 0.05) is 37.5 Å². The molecule has 0 aliphatic carbocycles. The van der Waals surface area contributed by atoms with E-state index in [0.29, 0.717) is 17.5 Å². The highest BCUT2D eigenvalue weighted by atomic mass is 32.1. The molecule has 0 unspecified atom stereocenters. The monoisotopic (exact) mass is 596 g/mol. The van der Waals surface area contributed by atoms with E-state index in [1.54, 1.807) is 12.3 Å². The van der Waals surface area contributed by atoms with E-state index in [9.17, 15) is 4.79 Å². The van der Waals surface area contributed by atoms with Gasteiger partial charge in [-0.2, -0.15) is 0 Å². The number of allylic oxidation sites excluding steroid dienone is 5. The van der Waals surface area contributed by atoms with Crippen LogP contribution in [0.25, 0.3) is 16.6 Å². The van der Waals surface area contributed by atoms with E-state index >= 15 is 0 Å². The van der Waals surface area contributed by atoms with Crippen LogP contribution in [-0.4, -0.2) is 69.0 Å². The van der Waals surface area contributed by atoms with Crippen LogP contribution >= 0.6 is 12.2 Å². The number of likely N-dealkylation sites (tertiary alicyclic amines) is 1. The third-order valence-electron chi connectivity index (χ3n) is 7.72. The Morgan fingerprint density at radius 3 is 2.81 bits per heavy atom. The van der Waals surface area contributed by atoms with Gasteiger partial charge in [-0.3, -0.25) is 9.78 Å². The van der Waals surface area contributed by atoms with Crippen molar-refractivity contribution in [2.75, 3.05) is 39.0 Å².